The number of rotatable bonds is 6. The van der Waals surface area contributed by atoms with E-state index in [-0.39, 0.29) is 5.56 Å². The predicted molar refractivity (Wildman–Crippen MR) is 99.6 cm³/mol. The maximum Gasteiger partial charge on any atom is 0.341 e. The number of hydrogen-bond donors (Lipinski definition) is 1. The van der Waals surface area contributed by atoms with E-state index >= 15 is 0 Å². The number of benzene rings is 1. The van der Waals surface area contributed by atoms with Crippen molar-refractivity contribution < 1.29 is 9.90 Å². The molecule has 5 heteroatoms. The fraction of sp³-hybridized carbons (Fsp3) is 0.190. The Labute approximate surface area is 151 Å². The average Bonchev–Trinajstić information content (AvgIpc) is 2.63. The molecule has 0 fully saturated rings. The molecule has 132 valence electrons. The second kappa shape index (κ2) is 7.78. The molecular formula is C21H20N2O3. The zero-order valence-electron chi connectivity index (χ0n) is 14.6. The molecule has 0 radical (unpaired) electrons. The number of aromatic carboxylic acids is 1. The summed E-state index contributed by atoms with van der Waals surface area (Å²) in [6, 6.07) is 16.8. The summed E-state index contributed by atoms with van der Waals surface area (Å²) < 4.78 is 1.89. The molecular weight excluding hydrogens is 328 g/mol. The third kappa shape index (κ3) is 3.88. The van der Waals surface area contributed by atoms with Gasteiger partial charge in [-0.05, 0) is 37.5 Å². The van der Waals surface area contributed by atoms with E-state index in [4.69, 9.17) is 0 Å². The van der Waals surface area contributed by atoms with E-state index in [0.29, 0.717) is 25.1 Å². The fourth-order valence-electron chi connectivity index (χ4n) is 3.10. The molecule has 0 aliphatic heterocycles. The molecule has 1 aromatic carbocycles. The van der Waals surface area contributed by atoms with Gasteiger partial charge in [0.1, 0.15) is 5.56 Å². The van der Waals surface area contributed by atoms with Crippen molar-refractivity contribution in [1.29, 1.82) is 0 Å². The Kier molecular flexibility index (Phi) is 5.27. The third-order valence-electron chi connectivity index (χ3n) is 4.38. The Bertz CT molecular complexity index is 964. The Hall–Kier alpha value is -3.21. The molecule has 26 heavy (non-hydrogen) atoms. The van der Waals surface area contributed by atoms with Crippen LogP contribution in [0.4, 0.5) is 0 Å². The van der Waals surface area contributed by atoms with Gasteiger partial charge in [-0.1, -0.05) is 36.4 Å². The molecule has 0 saturated heterocycles. The Morgan fingerprint density at radius 3 is 2.46 bits per heavy atom. The van der Waals surface area contributed by atoms with Crippen LogP contribution < -0.4 is 5.43 Å². The first kappa shape index (κ1) is 17.6. The van der Waals surface area contributed by atoms with Crippen molar-refractivity contribution in [3.63, 3.8) is 0 Å². The van der Waals surface area contributed by atoms with Crippen molar-refractivity contribution in [2.24, 2.45) is 0 Å². The van der Waals surface area contributed by atoms with Crippen molar-refractivity contribution >= 4 is 5.97 Å². The first-order valence-electron chi connectivity index (χ1n) is 8.46. The number of hydrogen-bond acceptors (Lipinski definition) is 3. The van der Waals surface area contributed by atoms with Crippen molar-refractivity contribution in [3.8, 4) is 0 Å². The van der Waals surface area contributed by atoms with E-state index in [0.717, 1.165) is 17.0 Å². The Balaban J connectivity index is 2.05. The van der Waals surface area contributed by atoms with E-state index in [2.05, 4.69) is 4.98 Å². The van der Waals surface area contributed by atoms with Gasteiger partial charge >= 0.3 is 5.97 Å². The lowest BCUT2D eigenvalue weighted by Gasteiger charge is -2.19. The van der Waals surface area contributed by atoms with Crippen molar-refractivity contribution in [2.45, 2.75) is 26.3 Å². The summed E-state index contributed by atoms with van der Waals surface area (Å²) in [6.45, 7) is 2.25. The molecule has 0 bridgehead atoms. The smallest absolute Gasteiger partial charge is 0.341 e. The highest BCUT2D eigenvalue weighted by molar-refractivity contribution is 5.88. The fourth-order valence-corrected chi connectivity index (χ4v) is 3.10. The zero-order chi connectivity index (χ0) is 18.5. The monoisotopic (exact) mass is 348 g/mol. The number of carbonyl (C=O) groups is 1. The summed E-state index contributed by atoms with van der Waals surface area (Å²) in [5.74, 6) is -1.19. The van der Waals surface area contributed by atoms with Crippen LogP contribution in [0.15, 0.2) is 65.6 Å². The van der Waals surface area contributed by atoms with Gasteiger partial charge in [-0.15, -0.1) is 0 Å². The van der Waals surface area contributed by atoms with Gasteiger partial charge in [0, 0.05) is 23.7 Å². The predicted octanol–water partition coefficient (Wildman–Crippen LogP) is 3.08. The number of nitrogens with zero attached hydrogens (tertiary/aromatic N) is 2. The highest BCUT2D eigenvalue weighted by atomic mass is 16.4. The molecule has 5 nitrogen and oxygen atoms in total. The van der Waals surface area contributed by atoms with Gasteiger partial charge in [0.05, 0.1) is 12.2 Å². The minimum atomic E-state index is -1.19. The quantitative estimate of drug-likeness (QED) is 0.743. The molecule has 3 rings (SSSR count). The molecule has 0 aliphatic rings. The lowest BCUT2D eigenvalue weighted by atomic mass is 10.0. The number of carboxylic acid groups (broad SMARTS) is 1. The first-order valence-corrected chi connectivity index (χ1v) is 8.46. The molecule has 0 spiro atoms. The molecule has 0 unspecified atom stereocenters. The zero-order valence-corrected chi connectivity index (χ0v) is 14.6. The Morgan fingerprint density at radius 1 is 1.08 bits per heavy atom. The number of aryl methyl sites for hydroxylation is 2. The maximum absolute atomic E-state index is 12.3. The number of pyridine rings is 2. The van der Waals surface area contributed by atoms with Gasteiger partial charge < -0.3 is 9.67 Å². The topological polar surface area (TPSA) is 72.2 Å². The van der Waals surface area contributed by atoms with E-state index in [9.17, 15) is 14.7 Å². The first-order chi connectivity index (χ1) is 12.6. The minimum Gasteiger partial charge on any atom is -0.477 e. The van der Waals surface area contributed by atoms with Crippen LogP contribution in [-0.2, 0) is 19.4 Å². The van der Waals surface area contributed by atoms with Gasteiger partial charge in [-0.2, -0.15) is 0 Å². The van der Waals surface area contributed by atoms with E-state index in [1.165, 1.54) is 6.07 Å². The lowest BCUT2D eigenvalue weighted by Crippen LogP contribution is -2.25. The third-order valence-corrected chi connectivity index (χ3v) is 4.38. The van der Waals surface area contributed by atoms with Crippen LogP contribution >= 0.6 is 0 Å². The van der Waals surface area contributed by atoms with Gasteiger partial charge in [-0.3, -0.25) is 9.78 Å². The molecule has 1 N–H and O–H groups in total. The number of carboxylic acids is 1. The Morgan fingerprint density at radius 2 is 1.81 bits per heavy atom. The summed E-state index contributed by atoms with van der Waals surface area (Å²) >= 11 is 0. The van der Waals surface area contributed by atoms with Crippen LogP contribution in [0.1, 0.15) is 33.0 Å². The highest BCUT2D eigenvalue weighted by Gasteiger charge is 2.19. The van der Waals surface area contributed by atoms with Gasteiger partial charge in [0.25, 0.3) is 0 Å². The standard InChI is InChI=1S/C21H20N2O3/c1-15-13-19(24)20(21(25)26)18(11-10-16-7-3-2-4-8-16)23(15)14-17-9-5-6-12-22-17/h2-9,12-13H,10-11,14H2,1H3,(H,25,26). The molecule has 0 atom stereocenters. The summed E-state index contributed by atoms with van der Waals surface area (Å²) in [4.78, 5) is 28.4. The van der Waals surface area contributed by atoms with Crippen LogP contribution in [0.2, 0.25) is 0 Å². The van der Waals surface area contributed by atoms with Crippen LogP contribution in [0.5, 0.6) is 0 Å². The van der Waals surface area contributed by atoms with Crippen LogP contribution in [0.25, 0.3) is 0 Å². The van der Waals surface area contributed by atoms with Gasteiger partial charge in [-0.25, -0.2) is 4.79 Å². The molecule has 2 aromatic heterocycles. The maximum atomic E-state index is 12.3. The summed E-state index contributed by atoms with van der Waals surface area (Å²) in [5, 5.41) is 9.60. The normalized spacial score (nSPS) is 10.7. The summed E-state index contributed by atoms with van der Waals surface area (Å²) in [7, 11) is 0. The minimum absolute atomic E-state index is 0.150. The van der Waals surface area contributed by atoms with Crippen LogP contribution in [-0.4, -0.2) is 20.6 Å². The molecule has 2 heterocycles. The summed E-state index contributed by atoms with van der Waals surface area (Å²) in [6.07, 6.45) is 2.83. The highest BCUT2D eigenvalue weighted by Crippen LogP contribution is 2.15. The van der Waals surface area contributed by atoms with E-state index < -0.39 is 11.4 Å². The average molecular weight is 348 g/mol. The second-order valence-corrected chi connectivity index (χ2v) is 6.17. The second-order valence-electron chi connectivity index (χ2n) is 6.17. The molecule has 3 aromatic rings. The van der Waals surface area contributed by atoms with E-state index in [1.54, 1.807) is 6.20 Å². The molecule has 0 amide bonds. The SMILES string of the molecule is Cc1cc(=O)c(C(=O)O)c(CCc2ccccc2)n1Cc1ccccn1. The number of aromatic nitrogens is 2. The van der Waals surface area contributed by atoms with Crippen LogP contribution in [0, 0.1) is 6.92 Å². The van der Waals surface area contributed by atoms with Crippen molar-refractivity contribution in [1.82, 2.24) is 9.55 Å². The van der Waals surface area contributed by atoms with E-state index in [1.807, 2.05) is 60.0 Å². The van der Waals surface area contributed by atoms with Crippen molar-refractivity contribution in [3.05, 3.63) is 99.2 Å². The van der Waals surface area contributed by atoms with Crippen molar-refractivity contribution in [2.75, 3.05) is 0 Å². The largest absolute Gasteiger partial charge is 0.477 e. The van der Waals surface area contributed by atoms with Crippen LogP contribution in [0.3, 0.4) is 0 Å². The molecule has 0 saturated carbocycles. The summed E-state index contributed by atoms with van der Waals surface area (Å²) in [5.41, 5.74) is 2.59. The lowest BCUT2D eigenvalue weighted by molar-refractivity contribution is 0.0693. The van der Waals surface area contributed by atoms with Gasteiger partial charge in [0.15, 0.2) is 5.43 Å². The van der Waals surface area contributed by atoms with Gasteiger partial charge in [0.2, 0.25) is 0 Å². The molecule has 0 aliphatic carbocycles.